The Bertz CT molecular complexity index is 1140. The summed E-state index contributed by atoms with van der Waals surface area (Å²) in [6, 6.07) is 4.80. The molecule has 3 rings (SSSR count). The summed E-state index contributed by atoms with van der Waals surface area (Å²) in [5.41, 5.74) is -0.0881. The maximum Gasteiger partial charge on any atom is 0.310 e. The Balaban J connectivity index is 2.05. The fourth-order valence-electron chi connectivity index (χ4n) is 2.96. The summed E-state index contributed by atoms with van der Waals surface area (Å²) >= 11 is 0. The SMILES string of the molecule is COc1ccc(Nc2nc(=O)c(F)cn2Cc2cc(F)c(F)c(F)c2)c(OC)c1C. The number of methoxy groups -OCH3 is 2. The highest BCUT2D eigenvalue weighted by atomic mass is 19.2. The monoisotopic (exact) mass is 423 g/mol. The summed E-state index contributed by atoms with van der Waals surface area (Å²) in [6.45, 7) is 1.45. The van der Waals surface area contributed by atoms with Crippen molar-refractivity contribution >= 4 is 11.6 Å². The third-order valence-corrected chi connectivity index (χ3v) is 4.38. The van der Waals surface area contributed by atoms with Crippen LogP contribution in [-0.4, -0.2) is 23.8 Å². The van der Waals surface area contributed by atoms with Crippen LogP contribution in [0, 0.1) is 30.2 Å². The van der Waals surface area contributed by atoms with Crippen LogP contribution >= 0.6 is 0 Å². The lowest BCUT2D eigenvalue weighted by Gasteiger charge is -2.18. The third kappa shape index (κ3) is 4.07. The van der Waals surface area contributed by atoms with Crippen molar-refractivity contribution in [3.8, 4) is 11.5 Å². The molecule has 0 aliphatic carbocycles. The second-order valence-electron chi connectivity index (χ2n) is 6.32. The van der Waals surface area contributed by atoms with Crippen molar-refractivity contribution in [3.63, 3.8) is 0 Å². The van der Waals surface area contributed by atoms with E-state index in [-0.39, 0.29) is 18.1 Å². The predicted octanol–water partition coefficient (Wildman–Crippen LogP) is 3.92. The number of benzene rings is 2. The number of hydrogen-bond donors (Lipinski definition) is 1. The number of nitrogens with one attached hydrogen (secondary N) is 1. The molecule has 0 radical (unpaired) electrons. The first-order chi connectivity index (χ1) is 14.2. The van der Waals surface area contributed by atoms with Gasteiger partial charge in [0, 0.05) is 11.8 Å². The molecule has 0 saturated carbocycles. The molecule has 0 atom stereocenters. The first-order valence-corrected chi connectivity index (χ1v) is 8.64. The maximum atomic E-state index is 13.9. The Labute approximate surface area is 168 Å². The zero-order valence-electron chi connectivity index (χ0n) is 16.2. The van der Waals surface area contributed by atoms with Gasteiger partial charge < -0.3 is 19.4 Å². The minimum atomic E-state index is -1.61. The molecule has 1 N–H and O–H groups in total. The van der Waals surface area contributed by atoms with Crippen LogP contribution in [0.2, 0.25) is 0 Å². The minimum absolute atomic E-state index is 0.00262. The normalized spacial score (nSPS) is 10.8. The van der Waals surface area contributed by atoms with E-state index in [0.29, 0.717) is 22.7 Å². The molecule has 0 bridgehead atoms. The van der Waals surface area contributed by atoms with Crippen LogP contribution in [0.1, 0.15) is 11.1 Å². The van der Waals surface area contributed by atoms with E-state index in [1.165, 1.54) is 14.2 Å². The lowest BCUT2D eigenvalue weighted by molar-refractivity contribution is 0.390. The van der Waals surface area contributed by atoms with Crippen molar-refractivity contribution < 1.29 is 27.0 Å². The van der Waals surface area contributed by atoms with Crippen molar-refractivity contribution in [3.05, 3.63) is 75.2 Å². The van der Waals surface area contributed by atoms with E-state index in [2.05, 4.69) is 10.3 Å². The Morgan fingerprint density at radius 3 is 2.30 bits per heavy atom. The lowest BCUT2D eigenvalue weighted by atomic mass is 10.1. The second kappa shape index (κ2) is 8.44. The van der Waals surface area contributed by atoms with Crippen molar-refractivity contribution in [1.29, 1.82) is 0 Å². The molecule has 1 heterocycles. The molecule has 30 heavy (non-hydrogen) atoms. The van der Waals surface area contributed by atoms with Crippen LogP contribution in [0.3, 0.4) is 0 Å². The van der Waals surface area contributed by atoms with E-state index >= 15 is 0 Å². The van der Waals surface area contributed by atoms with Crippen molar-refractivity contribution in [1.82, 2.24) is 9.55 Å². The topological polar surface area (TPSA) is 65.4 Å². The smallest absolute Gasteiger partial charge is 0.310 e. The van der Waals surface area contributed by atoms with Gasteiger partial charge in [-0.2, -0.15) is 9.37 Å². The second-order valence-corrected chi connectivity index (χ2v) is 6.32. The van der Waals surface area contributed by atoms with Gasteiger partial charge in [-0.05, 0) is 36.8 Å². The predicted molar refractivity (Wildman–Crippen MR) is 101 cm³/mol. The van der Waals surface area contributed by atoms with Gasteiger partial charge in [-0.3, -0.25) is 4.79 Å². The van der Waals surface area contributed by atoms with Gasteiger partial charge in [0.25, 0.3) is 0 Å². The van der Waals surface area contributed by atoms with E-state index in [1.54, 1.807) is 19.1 Å². The number of ether oxygens (including phenoxy) is 2. The van der Waals surface area contributed by atoms with E-state index in [1.807, 2.05) is 0 Å². The number of rotatable bonds is 6. The van der Waals surface area contributed by atoms with Crippen molar-refractivity contribution in [2.75, 3.05) is 19.5 Å². The van der Waals surface area contributed by atoms with Crippen LogP contribution < -0.4 is 20.3 Å². The average Bonchev–Trinajstić information content (AvgIpc) is 2.70. The quantitative estimate of drug-likeness (QED) is 0.481. The third-order valence-electron chi connectivity index (χ3n) is 4.38. The van der Waals surface area contributed by atoms with Crippen LogP contribution in [-0.2, 0) is 6.54 Å². The molecule has 3 aromatic rings. The highest BCUT2D eigenvalue weighted by molar-refractivity contribution is 5.68. The van der Waals surface area contributed by atoms with Gasteiger partial charge in [0.2, 0.25) is 11.8 Å². The molecule has 1 aromatic heterocycles. The molecule has 0 aliphatic rings. The van der Waals surface area contributed by atoms with E-state index in [4.69, 9.17) is 9.47 Å². The summed E-state index contributed by atoms with van der Waals surface area (Å²) in [7, 11) is 2.93. The van der Waals surface area contributed by atoms with Crippen molar-refractivity contribution in [2.45, 2.75) is 13.5 Å². The highest BCUT2D eigenvalue weighted by Crippen LogP contribution is 2.36. The molecule has 0 saturated heterocycles. The molecule has 2 aromatic carbocycles. The molecule has 6 nitrogen and oxygen atoms in total. The summed E-state index contributed by atoms with van der Waals surface area (Å²) in [6.07, 6.45) is 0.833. The molecule has 10 heteroatoms. The standard InChI is InChI=1S/C20H17F4N3O3/c1-10-16(29-2)5-4-15(18(10)30-3)25-20-26-19(28)14(23)9-27(20)8-11-6-12(21)17(24)13(22)7-11/h4-7,9H,8H2,1-3H3,(H,25,26,28). The van der Waals surface area contributed by atoms with Gasteiger partial charge in [-0.25, -0.2) is 13.2 Å². The Hall–Kier alpha value is -3.56. The van der Waals surface area contributed by atoms with E-state index in [0.717, 1.165) is 22.9 Å². The van der Waals surface area contributed by atoms with Gasteiger partial charge >= 0.3 is 5.56 Å². The van der Waals surface area contributed by atoms with Crippen LogP contribution in [0.4, 0.5) is 29.2 Å². The Morgan fingerprint density at radius 1 is 1.03 bits per heavy atom. The first kappa shape index (κ1) is 21.2. The minimum Gasteiger partial charge on any atom is -0.496 e. The average molecular weight is 423 g/mol. The largest absolute Gasteiger partial charge is 0.496 e. The zero-order chi connectivity index (χ0) is 22.0. The molecule has 158 valence electrons. The number of halogens is 4. The van der Waals surface area contributed by atoms with Crippen LogP contribution in [0.5, 0.6) is 11.5 Å². The van der Waals surface area contributed by atoms with Gasteiger partial charge in [0.05, 0.1) is 26.5 Å². The lowest BCUT2D eigenvalue weighted by Crippen LogP contribution is -2.20. The molecular formula is C20H17F4N3O3. The van der Waals surface area contributed by atoms with E-state index in [9.17, 15) is 22.4 Å². The molecule has 0 amide bonds. The maximum absolute atomic E-state index is 13.9. The van der Waals surface area contributed by atoms with Crippen LogP contribution in [0.15, 0.2) is 35.3 Å². The first-order valence-electron chi connectivity index (χ1n) is 8.64. The number of aromatic nitrogens is 2. The molecule has 0 fully saturated rings. The number of hydrogen-bond acceptors (Lipinski definition) is 5. The number of anilines is 2. The van der Waals surface area contributed by atoms with Gasteiger partial charge in [0.1, 0.15) is 11.5 Å². The van der Waals surface area contributed by atoms with Gasteiger partial charge in [-0.1, -0.05) is 0 Å². The molecule has 0 unspecified atom stereocenters. The molecule has 0 aliphatic heterocycles. The molecular weight excluding hydrogens is 406 g/mol. The molecule has 0 spiro atoms. The fourth-order valence-corrected chi connectivity index (χ4v) is 2.96. The summed E-state index contributed by atoms with van der Waals surface area (Å²) in [5, 5.41) is 2.86. The van der Waals surface area contributed by atoms with E-state index < -0.39 is 28.8 Å². The summed E-state index contributed by atoms with van der Waals surface area (Å²) in [5.74, 6) is -4.73. The van der Waals surface area contributed by atoms with Gasteiger partial charge in [-0.15, -0.1) is 0 Å². The fraction of sp³-hybridized carbons (Fsp3) is 0.200. The van der Waals surface area contributed by atoms with Crippen molar-refractivity contribution in [2.24, 2.45) is 0 Å². The van der Waals surface area contributed by atoms with Crippen LogP contribution in [0.25, 0.3) is 0 Å². The van der Waals surface area contributed by atoms with Gasteiger partial charge in [0.15, 0.2) is 17.5 Å². The Kier molecular flexibility index (Phi) is 5.95. The zero-order valence-corrected chi connectivity index (χ0v) is 16.2. The number of nitrogens with zero attached hydrogens (tertiary/aromatic N) is 2. The highest BCUT2D eigenvalue weighted by Gasteiger charge is 2.16. The Morgan fingerprint density at radius 2 is 1.70 bits per heavy atom. The summed E-state index contributed by atoms with van der Waals surface area (Å²) in [4.78, 5) is 15.4. The summed E-state index contributed by atoms with van der Waals surface area (Å²) < 4.78 is 65.9.